The number of hydrogen-bond donors (Lipinski definition) is 0. The zero-order valence-corrected chi connectivity index (χ0v) is 22.5. The minimum Gasteiger partial charge on any atom is -0.331 e. The lowest BCUT2D eigenvalue weighted by Gasteiger charge is -2.39. The lowest BCUT2D eigenvalue weighted by atomic mass is 10.0. The van der Waals surface area contributed by atoms with Crippen molar-refractivity contribution in [2.24, 2.45) is 0 Å². The van der Waals surface area contributed by atoms with Crippen LogP contribution in [-0.2, 0) is 25.6 Å². The Morgan fingerprint density at radius 1 is 0.568 bits per heavy atom. The van der Waals surface area contributed by atoms with Crippen molar-refractivity contribution < 1.29 is 71.9 Å². The van der Waals surface area contributed by atoms with E-state index < -0.39 is 107 Å². The highest BCUT2D eigenvalue weighted by Crippen LogP contribution is 2.26. The Hall–Kier alpha value is -3.74. The van der Waals surface area contributed by atoms with Gasteiger partial charge in [0.05, 0.1) is 6.04 Å². The molecule has 20 heteroatoms. The fraction of sp³-hybridized carbons (Fsp3) is 0.583. The predicted octanol–water partition coefficient (Wildman–Crippen LogP) is 3.48. The summed E-state index contributed by atoms with van der Waals surface area (Å²) >= 11 is 0. The van der Waals surface area contributed by atoms with Crippen molar-refractivity contribution in [1.82, 2.24) is 19.6 Å². The molecule has 1 saturated heterocycles. The Kier molecular flexibility index (Phi) is 11.2. The molecule has 0 aromatic heterocycles. The Bertz CT molecular complexity index is 1200. The van der Waals surface area contributed by atoms with Crippen LogP contribution in [0.15, 0.2) is 24.3 Å². The van der Waals surface area contributed by atoms with Crippen LogP contribution in [0, 0.1) is 6.92 Å². The van der Waals surface area contributed by atoms with E-state index >= 15 is 0 Å². The minimum absolute atomic E-state index is 0.101. The molecule has 0 aliphatic carbocycles. The topological polar surface area (TPSA) is 81.2 Å². The van der Waals surface area contributed by atoms with Gasteiger partial charge in [0.1, 0.15) is 0 Å². The van der Waals surface area contributed by atoms with E-state index in [0.29, 0.717) is 5.56 Å². The van der Waals surface area contributed by atoms with Crippen molar-refractivity contribution >= 4 is 23.6 Å². The molecular weight excluding hydrogens is 636 g/mol. The molecule has 0 bridgehead atoms. The molecule has 44 heavy (non-hydrogen) atoms. The van der Waals surface area contributed by atoms with Crippen molar-refractivity contribution in [1.29, 1.82) is 0 Å². The summed E-state index contributed by atoms with van der Waals surface area (Å²) in [6.45, 7) is -8.06. The monoisotopic (exact) mass is 660 g/mol. The maximum atomic E-state index is 13.6. The lowest BCUT2D eigenvalue weighted by Crippen LogP contribution is -2.59. The molecule has 1 aliphatic heterocycles. The van der Waals surface area contributed by atoms with Crippen LogP contribution in [0.3, 0.4) is 0 Å². The minimum atomic E-state index is -5.73. The molecule has 1 atom stereocenters. The van der Waals surface area contributed by atoms with Crippen LogP contribution in [0.4, 0.5) is 52.7 Å². The highest BCUT2D eigenvalue weighted by molar-refractivity contribution is 5.85. The molecule has 2 rings (SSSR count). The van der Waals surface area contributed by atoms with Crippen LogP contribution in [0.1, 0.15) is 11.1 Å². The third-order valence-electron chi connectivity index (χ3n) is 6.45. The average Bonchev–Trinajstić information content (AvgIpc) is 2.87. The molecule has 248 valence electrons. The average molecular weight is 660 g/mol. The SMILES string of the molecule is Cc1ccc(CC2CN(C(=O)C(F)(F)F)CCN(C(=O)C(F)(F)F)CCN(C(=O)C(F)(F)F)CCN2C(=O)C(F)(F)F)cc1. The second-order valence-electron chi connectivity index (χ2n) is 9.67. The molecule has 0 saturated carbocycles. The number of alkyl halides is 12. The van der Waals surface area contributed by atoms with E-state index in [2.05, 4.69) is 0 Å². The van der Waals surface area contributed by atoms with Gasteiger partial charge in [-0.2, -0.15) is 52.7 Å². The molecule has 0 spiro atoms. The normalized spacial score (nSPS) is 18.4. The van der Waals surface area contributed by atoms with E-state index in [1.165, 1.54) is 24.3 Å². The van der Waals surface area contributed by atoms with E-state index in [1.807, 2.05) is 0 Å². The van der Waals surface area contributed by atoms with E-state index in [4.69, 9.17) is 0 Å². The third-order valence-corrected chi connectivity index (χ3v) is 6.45. The number of hydrogen-bond acceptors (Lipinski definition) is 4. The molecule has 0 radical (unpaired) electrons. The summed E-state index contributed by atoms with van der Waals surface area (Å²) in [5, 5.41) is 0. The summed E-state index contributed by atoms with van der Waals surface area (Å²) in [7, 11) is 0. The van der Waals surface area contributed by atoms with Crippen LogP contribution in [0.5, 0.6) is 0 Å². The Morgan fingerprint density at radius 2 is 0.909 bits per heavy atom. The van der Waals surface area contributed by atoms with Crippen LogP contribution in [-0.4, -0.2) is 120 Å². The summed E-state index contributed by atoms with van der Waals surface area (Å²) in [6.07, 6.45) is -23.5. The number of aryl methyl sites for hydroxylation is 1. The van der Waals surface area contributed by atoms with Gasteiger partial charge in [-0.05, 0) is 18.9 Å². The highest BCUT2D eigenvalue weighted by Gasteiger charge is 2.49. The fourth-order valence-electron chi connectivity index (χ4n) is 4.29. The molecule has 4 amide bonds. The van der Waals surface area contributed by atoms with Gasteiger partial charge in [0.2, 0.25) is 0 Å². The summed E-state index contributed by atoms with van der Waals surface area (Å²) < 4.78 is 161. The molecule has 1 fully saturated rings. The van der Waals surface area contributed by atoms with Crippen molar-refractivity contribution in [3.8, 4) is 0 Å². The number of benzene rings is 1. The van der Waals surface area contributed by atoms with Gasteiger partial charge in [-0.25, -0.2) is 0 Å². The van der Waals surface area contributed by atoms with Crippen molar-refractivity contribution in [2.75, 3.05) is 45.8 Å². The number of amides is 4. The van der Waals surface area contributed by atoms with Gasteiger partial charge >= 0.3 is 48.3 Å². The van der Waals surface area contributed by atoms with E-state index in [0.717, 1.165) is 0 Å². The largest absolute Gasteiger partial charge is 0.471 e. The van der Waals surface area contributed by atoms with Gasteiger partial charge < -0.3 is 19.6 Å². The number of carbonyl (C=O) groups excluding carboxylic acids is 4. The highest BCUT2D eigenvalue weighted by atomic mass is 19.4. The van der Waals surface area contributed by atoms with E-state index in [9.17, 15) is 71.9 Å². The summed E-state index contributed by atoms with van der Waals surface area (Å²) in [5.74, 6) is -10.9. The van der Waals surface area contributed by atoms with Gasteiger partial charge in [0.25, 0.3) is 0 Å². The zero-order chi connectivity index (χ0) is 33.8. The molecule has 1 aromatic rings. The molecule has 1 aromatic carbocycles. The van der Waals surface area contributed by atoms with Crippen molar-refractivity contribution in [2.45, 2.75) is 44.1 Å². The molecule has 8 nitrogen and oxygen atoms in total. The van der Waals surface area contributed by atoms with E-state index in [-0.39, 0.29) is 25.2 Å². The van der Waals surface area contributed by atoms with Gasteiger partial charge in [0, 0.05) is 45.8 Å². The second-order valence-corrected chi connectivity index (χ2v) is 9.67. The third kappa shape index (κ3) is 9.90. The number of nitrogens with zero attached hydrogens (tertiary/aromatic N) is 4. The number of carbonyl (C=O) groups is 4. The van der Waals surface area contributed by atoms with E-state index in [1.54, 1.807) is 6.92 Å². The first kappa shape index (κ1) is 36.5. The first-order valence-electron chi connectivity index (χ1n) is 12.4. The van der Waals surface area contributed by atoms with Gasteiger partial charge in [-0.3, -0.25) is 19.2 Å². The first-order chi connectivity index (χ1) is 19.9. The van der Waals surface area contributed by atoms with Crippen LogP contribution in [0.2, 0.25) is 0 Å². The van der Waals surface area contributed by atoms with Crippen LogP contribution in [0.25, 0.3) is 0 Å². The molecule has 1 unspecified atom stereocenters. The molecular formula is C24H24F12N4O4. The van der Waals surface area contributed by atoms with Gasteiger partial charge in [0.15, 0.2) is 0 Å². The summed E-state index contributed by atoms with van der Waals surface area (Å²) in [6, 6.07) is 3.43. The second kappa shape index (κ2) is 13.5. The quantitative estimate of drug-likeness (QED) is 0.456. The predicted molar refractivity (Wildman–Crippen MR) is 124 cm³/mol. The Balaban J connectivity index is 2.71. The van der Waals surface area contributed by atoms with Crippen LogP contribution >= 0.6 is 0 Å². The molecule has 0 N–H and O–H groups in total. The zero-order valence-electron chi connectivity index (χ0n) is 22.5. The van der Waals surface area contributed by atoms with Crippen LogP contribution < -0.4 is 0 Å². The van der Waals surface area contributed by atoms with Crippen molar-refractivity contribution in [3.63, 3.8) is 0 Å². The fourth-order valence-corrected chi connectivity index (χ4v) is 4.29. The number of rotatable bonds is 2. The van der Waals surface area contributed by atoms with Gasteiger partial charge in [-0.1, -0.05) is 29.8 Å². The van der Waals surface area contributed by atoms with Crippen molar-refractivity contribution in [3.05, 3.63) is 35.4 Å². The number of halogens is 12. The maximum Gasteiger partial charge on any atom is 0.471 e. The Morgan fingerprint density at radius 3 is 1.30 bits per heavy atom. The maximum absolute atomic E-state index is 13.6. The molecule has 1 aliphatic rings. The standard InChI is InChI=1S/C24H24F12N4O4/c1-14-2-4-15(5-3-14)12-16-13-39(19(43)23(31,32)33)9-8-37(17(41)21(25,26)27)6-7-38(18(42)22(28,29)30)10-11-40(16)20(44)24(34,35)36/h2-5,16H,6-13H2,1H3. The molecule has 1 heterocycles. The smallest absolute Gasteiger partial charge is 0.331 e. The summed E-state index contributed by atoms with van der Waals surface area (Å²) in [4.78, 5) is 47.9. The Labute approximate surface area is 241 Å². The summed E-state index contributed by atoms with van der Waals surface area (Å²) in [5.41, 5.74) is 0.726. The van der Waals surface area contributed by atoms with Gasteiger partial charge in [-0.15, -0.1) is 0 Å². The lowest BCUT2D eigenvalue weighted by molar-refractivity contribution is -0.195. The first-order valence-corrected chi connectivity index (χ1v) is 12.4.